The number of nitrogen functional groups attached to an aromatic ring is 1. The number of nitrogens with zero attached hydrogens (tertiary/aromatic N) is 4. The van der Waals surface area contributed by atoms with Gasteiger partial charge < -0.3 is 25.9 Å². The smallest absolute Gasteiger partial charge is 0.299 e. The lowest BCUT2D eigenvalue weighted by Crippen LogP contribution is -2.33. The molecule has 0 unspecified atom stereocenters. The van der Waals surface area contributed by atoms with Crippen LogP contribution in [0, 0.1) is 0 Å². The number of fused-ring (bicyclic) bond motifs is 1. The summed E-state index contributed by atoms with van der Waals surface area (Å²) in [4.78, 5) is 19.6. The normalized spacial score (nSPS) is 30.1. The van der Waals surface area contributed by atoms with Crippen LogP contribution in [0.1, 0.15) is 6.23 Å². The lowest BCUT2D eigenvalue weighted by Gasteiger charge is -2.16. The minimum atomic E-state index is -1.27. The summed E-state index contributed by atoms with van der Waals surface area (Å²) in [5, 5.41) is 28.7. The molecule has 108 valence electrons. The quantitative estimate of drug-likeness (QED) is 0.424. The van der Waals surface area contributed by atoms with E-state index in [0.717, 1.165) is 11.0 Å². The molecule has 10 heteroatoms. The van der Waals surface area contributed by atoms with Crippen molar-refractivity contribution in [2.45, 2.75) is 24.5 Å². The molecule has 0 saturated carbocycles. The molecule has 0 bridgehead atoms. The van der Waals surface area contributed by atoms with E-state index in [9.17, 15) is 15.0 Å². The molecule has 20 heavy (non-hydrogen) atoms. The molecule has 2 aromatic heterocycles. The maximum Gasteiger partial charge on any atom is 0.299 e. The summed E-state index contributed by atoms with van der Waals surface area (Å²) < 4.78 is 7.46. The fourth-order valence-electron chi connectivity index (χ4n) is 2.22. The van der Waals surface area contributed by atoms with Gasteiger partial charge >= 0.3 is 0 Å². The van der Waals surface area contributed by atoms with Gasteiger partial charge in [-0.15, -0.1) is 0 Å². The van der Waals surface area contributed by atoms with Crippen molar-refractivity contribution in [3.63, 3.8) is 0 Å². The van der Waals surface area contributed by atoms with E-state index in [-0.39, 0.29) is 11.2 Å². The number of hydrogen-bond donors (Lipinski definition) is 4. The SMILES string of the molecule is Nn1cnc2c(ncn2[C@@H]2O[C@@H](CO)[C@@H](O)[C@@H]2O)c1=O. The topological polar surface area (TPSA) is 149 Å². The number of hydrogen-bond acceptors (Lipinski definition) is 8. The first-order chi connectivity index (χ1) is 9.54. The largest absolute Gasteiger partial charge is 0.394 e. The summed E-state index contributed by atoms with van der Waals surface area (Å²) in [6.07, 6.45) is -2.04. The van der Waals surface area contributed by atoms with E-state index < -0.39 is 36.7 Å². The molecule has 1 fully saturated rings. The van der Waals surface area contributed by atoms with Gasteiger partial charge in [0.25, 0.3) is 5.56 Å². The standard InChI is InChI=1S/C10H13N5O5/c11-15-3-13-8-5(9(15)19)12-2-14(8)10-7(18)6(17)4(1-16)20-10/h2-4,6-7,10,16-18H,1,11H2/t4-,6+,7-,10+/m0/s1. The van der Waals surface area contributed by atoms with Crippen molar-refractivity contribution in [1.29, 1.82) is 0 Å². The Hall–Kier alpha value is -2.01. The Morgan fingerprint density at radius 2 is 2.05 bits per heavy atom. The highest BCUT2D eigenvalue weighted by molar-refractivity contribution is 5.69. The molecule has 3 heterocycles. The van der Waals surface area contributed by atoms with Crippen LogP contribution >= 0.6 is 0 Å². The number of aromatic nitrogens is 4. The van der Waals surface area contributed by atoms with Crippen molar-refractivity contribution in [2.24, 2.45) is 0 Å². The van der Waals surface area contributed by atoms with Crippen LogP contribution in [0.3, 0.4) is 0 Å². The molecule has 0 radical (unpaired) electrons. The van der Waals surface area contributed by atoms with Crippen LogP contribution in [0.15, 0.2) is 17.4 Å². The van der Waals surface area contributed by atoms with Gasteiger partial charge in [0.15, 0.2) is 17.4 Å². The van der Waals surface area contributed by atoms with Gasteiger partial charge in [-0.2, -0.15) is 0 Å². The van der Waals surface area contributed by atoms with Crippen LogP contribution in [0.25, 0.3) is 11.2 Å². The maximum absolute atomic E-state index is 11.8. The second-order valence-corrected chi connectivity index (χ2v) is 4.51. The second-order valence-electron chi connectivity index (χ2n) is 4.51. The van der Waals surface area contributed by atoms with Gasteiger partial charge in [-0.25, -0.2) is 14.6 Å². The highest BCUT2D eigenvalue weighted by Crippen LogP contribution is 2.30. The lowest BCUT2D eigenvalue weighted by molar-refractivity contribution is -0.0511. The van der Waals surface area contributed by atoms with Crippen LogP contribution in [0.2, 0.25) is 0 Å². The summed E-state index contributed by atoms with van der Waals surface area (Å²) in [5.41, 5.74) is -0.347. The summed E-state index contributed by atoms with van der Waals surface area (Å²) in [5.74, 6) is 5.38. The Balaban J connectivity index is 2.08. The van der Waals surface area contributed by atoms with Crippen LogP contribution in [0.5, 0.6) is 0 Å². The van der Waals surface area contributed by atoms with Gasteiger partial charge in [0.05, 0.1) is 12.9 Å². The minimum Gasteiger partial charge on any atom is -0.394 e. The van der Waals surface area contributed by atoms with Gasteiger partial charge in [-0.3, -0.25) is 9.36 Å². The lowest BCUT2D eigenvalue weighted by atomic mass is 10.1. The third kappa shape index (κ3) is 1.70. The van der Waals surface area contributed by atoms with Gasteiger partial charge in [0, 0.05) is 0 Å². The summed E-state index contributed by atoms with van der Waals surface area (Å²) in [7, 11) is 0. The molecular formula is C10H13N5O5. The molecule has 0 aliphatic carbocycles. The van der Waals surface area contributed by atoms with E-state index in [0.29, 0.717) is 0 Å². The van der Waals surface area contributed by atoms with E-state index >= 15 is 0 Å². The molecule has 4 atom stereocenters. The number of nitrogens with two attached hydrogens (primary N) is 1. The van der Waals surface area contributed by atoms with E-state index in [1.54, 1.807) is 0 Å². The average Bonchev–Trinajstić information content (AvgIpc) is 2.98. The molecule has 0 amide bonds. The van der Waals surface area contributed by atoms with E-state index in [2.05, 4.69) is 9.97 Å². The van der Waals surface area contributed by atoms with E-state index in [1.165, 1.54) is 10.9 Å². The number of aliphatic hydroxyl groups is 3. The Kier molecular flexibility index (Phi) is 2.94. The zero-order valence-corrected chi connectivity index (χ0v) is 10.2. The van der Waals surface area contributed by atoms with Crippen LogP contribution < -0.4 is 11.4 Å². The molecule has 1 aliphatic heterocycles. The van der Waals surface area contributed by atoms with Crippen molar-refractivity contribution >= 4 is 11.2 Å². The molecular weight excluding hydrogens is 270 g/mol. The fourth-order valence-corrected chi connectivity index (χ4v) is 2.22. The average molecular weight is 283 g/mol. The van der Waals surface area contributed by atoms with Crippen LogP contribution in [-0.2, 0) is 4.74 Å². The van der Waals surface area contributed by atoms with Crippen molar-refractivity contribution in [1.82, 2.24) is 19.2 Å². The molecule has 10 nitrogen and oxygen atoms in total. The molecule has 3 rings (SSSR count). The number of rotatable bonds is 2. The van der Waals surface area contributed by atoms with Crippen molar-refractivity contribution in [3.05, 3.63) is 23.0 Å². The van der Waals surface area contributed by atoms with E-state index in [1.807, 2.05) is 0 Å². The molecule has 2 aromatic rings. The molecule has 0 aromatic carbocycles. The number of aliphatic hydroxyl groups excluding tert-OH is 3. The van der Waals surface area contributed by atoms with Gasteiger partial charge in [0.1, 0.15) is 24.6 Å². The second kappa shape index (κ2) is 4.52. The molecule has 5 N–H and O–H groups in total. The molecule has 1 saturated heterocycles. The Bertz CT molecular complexity index is 697. The van der Waals surface area contributed by atoms with Crippen molar-refractivity contribution in [3.8, 4) is 0 Å². The molecule has 0 spiro atoms. The predicted molar refractivity (Wildman–Crippen MR) is 64.9 cm³/mol. The maximum atomic E-state index is 11.8. The predicted octanol–water partition coefficient (Wildman–Crippen LogP) is -3.08. The fraction of sp³-hybridized carbons (Fsp3) is 0.500. The highest BCUT2D eigenvalue weighted by atomic mass is 16.6. The summed E-state index contributed by atoms with van der Waals surface area (Å²) >= 11 is 0. The number of imidazole rings is 1. The van der Waals surface area contributed by atoms with Gasteiger partial charge in [0.2, 0.25) is 0 Å². The highest BCUT2D eigenvalue weighted by Gasteiger charge is 2.44. The minimum absolute atomic E-state index is 0.0211. The molecule has 1 aliphatic rings. The van der Waals surface area contributed by atoms with Gasteiger partial charge in [-0.1, -0.05) is 0 Å². The third-order valence-corrected chi connectivity index (χ3v) is 3.30. The summed E-state index contributed by atoms with van der Waals surface area (Å²) in [6, 6.07) is 0. The Morgan fingerprint density at radius 1 is 1.30 bits per heavy atom. The number of ether oxygens (including phenoxy) is 1. The van der Waals surface area contributed by atoms with Gasteiger partial charge in [-0.05, 0) is 0 Å². The summed E-state index contributed by atoms with van der Waals surface area (Å²) in [6.45, 7) is -0.440. The van der Waals surface area contributed by atoms with Crippen LogP contribution in [-0.4, -0.2) is 59.4 Å². The third-order valence-electron chi connectivity index (χ3n) is 3.30. The zero-order valence-electron chi connectivity index (χ0n) is 10.2. The van der Waals surface area contributed by atoms with E-state index in [4.69, 9.17) is 15.7 Å². The van der Waals surface area contributed by atoms with Crippen molar-refractivity contribution < 1.29 is 20.1 Å². The monoisotopic (exact) mass is 283 g/mol. The van der Waals surface area contributed by atoms with Crippen LogP contribution in [0.4, 0.5) is 0 Å². The van der Waals surface area contributed by atoms with Crippen molar-refractivity contribution in [2.75, 3.05) is 12.4 Å². The zero-order chi connectivity index (χ0) is 14.4. The Morgan fingerprint density at radius 3 is 2.70 bits per heavy atom. The first kappa shape index (κ1) is 13.0. The Labute approximate surface area is 111 Å². The first-order valence-corrected chi connectivity index (χ1v) is 5.86. The first-order valence-electron chi connectivity index (χ1n) is 5.86.